The summed E-state index contributed by atoms with van der Waals surface area (Å²) >= 11 is 6.41. The Morgan fingerprint density at radius 1 is 1.05 bits per heavy atom. The minimum absolute atomic E-state index is 0.0706. The summed E-state index contributed by atoms with van der Waals surface area (Å²) in [5.41, 5.74) is -1.11. The summed E-state index contributed by atoms with van der Waals surface area (Å²) in [6, 6.07) is 21.0. The van der Waals surface area contributed by atoms with Crippen molar-refractivity contribution in [1.29, 1.82) is 0 Å². The van der Waals surface area contributed by atoms with E-state index in [1.54, 1.807) is 75.4 Å². The van der Waals surface area contributed by atoms with E-state index in [0.29, 0.717) is 11.1 Å². The third kappa shape index (κ3) is 4.37. The summed E-state index contributed by atoms with van der Waals surface area (Å²) in [6.45, 7) is 5.04. The first-order chi connectivity index (χ1) is 18.5. The maximum atomic E-state index is 14.6. The molecule has 1 saturated carbocycles. The van der Waals surface area contributed by atoms with Crippen LogP contribution in [0.4, 0.5) is 10.5 Å². The van der Waals surface area contributed by atoms with Crippen LogP contribution in [0.25, 0.3) is 0 Å². The average Bonchev–Trinajstić information content (AvgIpc) is 3.13. The molecule has 1 heterocycles. The first-order valence-corrected chi connectivity index (χ1v) is 13.1. The zero-order valence-electron chi connectivity index (χ0n) is 21.8. The number of ether oxygens (including phenoxy) is 1. The number of halogens is 1. The molecule has 2 aliphatic rings. The number of rotatable bonds is 3. The monoisotopic (exact) mass is 548 g/mol. The number of hydrogen-bond donors (Lipinski definition) is 1. The molecule has 202 valence electrons. The van der Waals surface area contributed by atoms with Gasteiger partial charge in [0.05, 0.1) is 23.6 Å². The van der Waals surface area contributed by atoms with Gasteiger partial charge in [0, 0.05) is 9.95 Å². The molecule has 9 heteroatoms. The molecule has 1 fully saturated rings. The summed E-state index contributed by atoms with van der Waals surface area (Å²) in [7, 11) is 0. The van der Waals surface area contributed by atoms with E-state index in [1.165, 1.54) is 18.2 Å². The van der Waals surface area contributed by atoms with Crippen molar-refractivity contribution in [2.24, 2.45) is 0 Å². The van der Waals surface area contributed by atoms with Gasteiger partial charge in [0.1, 0.15) is 11.0 Å². The van der Waals surface area contributed by atoms with Gasteiger partial charge < -0.3 is 9.84 Å². The number of nitro groups is 1. The minimum Gasteiger partial charge on any atom is -0.443 e. The van der Waals surface area contributed by atoms with Crippen LogP contribution in [0.1, 0.15) is 55.7 Å². The predicted molar refractivity (Wildman–Crippen MR) is 147 cm³/mol. The van der Waals surface area contributed by atoms with E-state index in [2.05, 4.69) is 0 Å². The molecular formula is C30H29ClN2O6. The smallest absolute Gasteiger partial charge is 0.421 e. The molecule has 0 aromatic heterocycles. The maximum Gasteiger partial charge on any atom is 0.421 e. The van der Waals surface area contributed by atoms with Crippen molar-refractivity contribution in [2.45, 2.75) is 62.2 Å². The molecule has 5 atom stereocenters. The van der Waals surface area contributed by atoms with E-state index in [-0.39, 0.29) is 27.6 Å². The summed E-state index contributed by atoms with van der Waals surface area (Å²) in [4.78, 5) is 41.5. The minimum atomic E-state index is -1.86. The van der Waals surface area contributed by atoms with Gasteiger partial charge >= 0.3 is 6.09 Å². The van der Waals surface area contributed by atoms with E-state index in [4.69, 9.17) is 16.3 Å². The number of benzene rings is 3. The van der Waals surface area contributed by atoms with Gasteiger partial charge in [-0.15, -0.1) is 0 Å². The van der Waals surface area contributed by atoms with Crippen LogP contribution in [0.3, 0.4) is 0 Å². The second kappa shape index (κ2) is 9.77. The van der Waals surface area contributed by atoms with Gasteiger partial charge in [0.15, 0.2) is 0 Å². The van der Waals surface area contributed by atoms with Crippen LogP contribution in [-0.2, 0) is 14.9 Å². The molecule has 5 rings (SSSR count). The third-order valence-corrected chi connectivity index (χ3v) is 7.89. The van der Waals surface area contributed by atoms with Crippen LogP contribution in [0, 0.1) is 10.1 Å². The molecule has 3 aromatic rings. The summed E-state index contributed by atoms with van der Waals surface area (Å²) in [5.74, 6) is -2.59. The van der Waals surface area contributed by atoms with Gasteiger partial charge in [0.2, 0.25) is 6.04 Å². The molecule has 1 N–H and O–H groups in total. The lowest BCUT2D eigenvalue weighted by Gasteiger charge is -2.47. The Balaban J connectivity index is 1.79. The van der Waals surface area contributed by atoms with E-state index in [1.807, 2.05) is 6.07 Å². The van der Waals surface area contributed by atoms with Crippen molar-refractivity contribution < 1.29 is 24.4 Å². The molecule has 39 heavy (non-hydrogen) atoms. The highest BCUT2D eigenvalue weighted by Crippen LogP contribution is 2.60. The number of anilines is 1. The summed E-state index contributed by atoms with van der Waals surface area (Å²) in [6.07, 6.45) is -2.37. The Hall–Kier alpha value is -3.75. The van der Waals surface area contributed by atoms with E-state index < -0.39 is 47.0 Å². The molecule has 0 saturated heterocycles. The lowest BCUT2D eigenvalue weighted by Crippen LogP contribution is -2.62. The van der Waals surface area contributed by atoms with Crippen molar-refractivity contribution in [3.63, 3.8) is 0 Å². The fraction of sp³-hybridized carbons (Fsp3) is 0.333. The largest absolute Gasteiger partial charge is 0.443 e. The van der Waals surface area contributed by atoms with Crippen LogP contribution in [0.5, 0.6) is 0 Å². The van der Waals surface area contributed by atoms with Crippen molar-refractivity contribution in [2.75, 3.05) is 4.90 Å². The first kappa shape index (κ1) is 26.8. The van der Waals surface area contributed by atoms with Crippen molar-refractivity contribution in [3.8, 4) is 0 Å². The second-order valence-corrected chi connectivity index (χ2v) is 11.5. The molecule has 1 aliphatic heterocycles. The molecule has 0 unspecified atom stereocenters. The summed E-state index contributed by atoms with van der Waals surface area (Å²) in [5, 5.41) is 25.2. The average molecular weight is 549 g/mol. The van der Waals surface area contributed by atoms with Gasteiger partial charge in [-0.25, -0.2) is 9.69 Å². The predicted octanol–water partition coefficient (Wildman–Crippen LogP) is 5.84. The Morgan fingerprint density at radius 2 is 1.64 bits per heavy atom. The number of aliphatic hydroxyl groups excluding tert-OH is 1. The van der Waals surface area contributed by atoms with Gasteiger partial charge in [-0.05, 0) is 62.1 Å². The van der Waals surface area contributed by atoms with E-state index in [0.717, 1.165) is 4.90 Å². The van der Waals surface area contributed by atoms with Crippen molar-refractivity contribution in [1.82, 2.24) is 0 Å². The van der Waals surface area contributed by atoms with Crippen molar-refractivity contribution in [3.05, 3.63) is 111 Å². The maximum absolute atomic E-state index is 14.6. The highest BCUT2D eigenvalue weighted by Gasteiger charge is 2.69. The number of aliphatic hydroxyl groups is 1. The number of nitrogens with zero attached hydrogens (tertiary/aromatic N) is 2. The standard InChI is InChI=1S/C30H29ClN2O6/c1-29(2,3)39-28(36)32-23-15-14-20(31)16-22(23)30(27(32)35)24(34)17-21(18-10-6-4-7-11-18)26(33(37)38)25(30)19-12-8-5-9-13-19/h4-16,21,24-26,34H,17H2,1-3H3/t21-,24-,25-,26-,30-/m0/s1. The number of amides is 2. The molecule has 3 aromatic carbocycles. The Labute approximate surface area is 231 Å². The molecule has 8 nitrogen and oxygen atoms in total. The Morgan fingerprint density at radius 3 is 2.21 bits per heavy atom. The molecule has 2 amide bonds. The summed E-state index contributed by atoms with van der Waals surface area (Å²) < 4.78 is 5.57. The zero-order valence-corrected chi connectivity index (χ0v) is 22.5. The van der Waals surface area contributed by atoms with Crippen LogP contribution in [-0.4, -0.2) is 39.8 Å². The molecule has 1 aliphatic carbocycles. The van der Waals surface area contributed by atoms with Gasteiger partial charge in [-0.3, -0.25) is 14.9 Å². The lowest BCUT2D eigenvalue weighted by atomic mass is 9.54. The molecule has 0 bridgehead atoms. The van der Waals surface area contributed by atoms with Gasteiger partial charge in [-0.2, -0.15) is 0 Å². The SMILES string of the molecule is CC(C)(C)OC(=O)N1C(=O)[C@@]2(c3cc(Cl)ccc31)[C@@H](O)C[C@@H](c1ccccc1)[C@H]([N+](=O)[O-])[C@@H]2c1ccccc1. The number of carbonyl (C=O) groups is 2. The zero-order chi connectivity index (χ0) is 28.1. The molecular weight excluding hydrogens is 520 g/mol. The quantitative estimate of drug-likeness (QED) is 0.325. The number of hydrogen-bond acceptors (Lipinski definition) is 6. The van der Waals surface area contributed by atoms with E-state index >= 15 is 0 Å². The fourth-order valence-electron chi connectivity index (χ4n) is 6.25. The highest BCUT2D eigenvalue weighted by atomic mass is 35.5. The number of fused-ring (bicyclic) bond motifs is 2. The number of carbonyl (C=O) groups excluding carboxylic acids is 2. The topological polar surface area (TPSA) is 110 Å². The van der Waals surface area contributed by atoms with Crippen LogP contribution >= 0.6 is 11.6 Å². The van der Waals surface area contributed by atoms with Crippen LogP contribution < -0.4 is 4.90 Å². The van der Waals surface area contributed by atoms with Gasteiger partial charge in [0.25, 0.3) is 5.91 Å². The third-order valence-electron chi connectivity index (χ3n) is 7.66. The van der Waals surface area contributed by atoms with Crippen molar-refractivity contribution >= 4 is 29.3 Å². The molecule has 1 spiro atoms. The van der Waals surface area contributed by atoms with E-state index in [9.17, 15) is 24.8 Å². The van der Waals surface area contributed by atoms with Gasteiger partial charge in [-0.1, -0.05) is 72.3 Å². The Kier molecular flexibility index (Phi) is 6.73. The Bertz CT molecular complexity index is 1420. The number of imide groups is 1. The lowest BCUT2D eigenvalue weighted by molar-refractivity contribution is -0.537. The van der Waals surface area contributed by atoms with Crippen LogP contribution in [0.15, 0.2) is 78.9 Å². The normalized spacial score (nSPS) is 26.4. The van der Waals surface area contributed by atoms with Crippen LogP contribution in [0.2, 0.25) is 5.02 Å². The first-order valence-electron chi connectivity index (χ1n) is 12.8. The second-order valence-electron chi connectivity index (χ2n) is 11.1. The molecule has 0 radical (unpaired) electrons. The highest BCUT2D eigenvalue weighted by molar-refractivity contribution is 6.31. The fourth-order valence-corrected chi connectivity index (χ4v) is 6.43.